The predicted molar refractivity (Wildman–Crippen MR) is 93.8 cm³/mol. The van der Waals surface area contributed by atoms with Gasteiger partial charge in [0.2, 0.25) is 0 Å². The molecule has 1 aromatic heterocycles. The van der Waals surface area contributed by atoms with Gasteiger partial charge >= 0.3 is 0 Å². The maximum absolute atomic E-state index is 6.98. The topological polar surface area (TPSA) is 51.4 Å². The second-order valence-electron chi connectivity index (χ2n) is 4.90. The van der Waals surface area contributed by atoms with Crippen molar-refractivity contribution in [3.8, 4) is 5.75 Å². The van der Waals surface area contributed by atoms with Crippen molar-refractivity contribution >= 4 is 28.8 Å². The minimum absolute atomic E-state index is 0.237. The Morgan fingerprint density at radius 2 is 1.79 bits per heavy atom. The predicted octanol–water partition coefficient (Wildman–Crippen LogP) is 5.00. The molecule has 5 nitrogen and oxygen atoms in total. The third-order valence-electron chi connectivity index (χ3n) is 3.25. The molecule has 0 aliphatic carbocycles. The van der Waals surface area contributed by atoms with Crippen LogP contribution in [-0.2, 0) is 6.61 Å². The number of hydrogen-bond acceptors (Lipinski definition) is 4. The minimum atomic E-state index is 0.237. The van der Waals surface area contributed by atoms with E-state index in [0.717, 1.165) is 11.3 Å². The van der Waals surface area contributed by atoms with Crippen molar-refractivity contribution in [3.05, 3.63) is 83.1 Å². The zero-order valence-electron chi connectivity index (χ0n) is 12.6. The van der Waals surface area contributed by atoms with Gasteiger partial charge in [-0.1, -0.05) is 54.1 Å². The zero-order valence-corrected chi connectivity index (χ0v) is 13.4. The zero-order chi connectivity index (χ0) is 16.8. The summed E-state index contributed by atoms with van der Waals surface area (Å²) in [4.78, 5) is 11.5. The van der Waals surface area contributed by atoms with Gasteiger partial charge in [0.1, 0.15) is 12.9 Å². The van der Waals surface area contributed by atoms with Crippen molar-refractivity contribution < 1.29 is 4.74 Å². The first-order chi connectivity index (χ1) is 11.8. The van der Waals surface area contributed by atoms with Gasteiger partial charge in [-0.25, -0.2) is 14.8 Å². The molecule has 6 heteroatoms. The summed E-state index contributed by atoms with van der Waals surface area (Å²) >= 11 is 6.15. The van der Waals surface area contributed by atoms with E-state index in [1.165, 1.54) is 6.33 Å². The summed E-state index contributed by atoms with van der Waals surface area (Å²) in [7, 11) is 0. The van der Waals surface area contributed by atoms with Crippen LogP contribution in [0.4, 0.5) is 17.2 Å². The first-order valence-electron chi connectivity index (χ1n) is 7.18. The molecule has 2 aromatic carbocycles. The van der Waals surface area contributed by atoms with Gasteiger partial charge in [0, 0.05) is 5.69 Å². The standard InChI is InChI=1S/C18H13ClN4O/c1-20-14-7-9-15(10-8-14)23-18-16(17(19)21-12-22-18)24-11-13-5-3-2-4-6-13/h2-10,12H,11H2,(H,21,22,23). The summed E-state index contributed by atoms with van der Waals surface area (Å²) in [6.45, 7) is 7.34. The molecule has 3 rings (SSSR count). The van der Waals surface area contributed by atoms with Crippen LogP contribution in [0.3, 0.4) is 0 Å². The highest BCUT2D eigenvalue weighted by Crippen LogP contribution is 2.32. The number of halogens is 1. The number of rotatable bonds is 5. The van der Waals surface area contributed by atoms with Crippen molar-refractivity contribution in [1.82, 2.24) is 9.97 Å². The molecule has 118 valence electrons. The fourth-order valence-electron chi connectivity index (χ4n) is 2.05. The summed E-state index contributed by atoms with van der Waals surface area (Å²) in [5.41, 5.74) is 2.37. The fourth-order valence-corrected chi connectivity index (χ4v) is 2.24. The number of nitrogens with zero attached hydrogens (tertiary/aromatic N) is 3. The molecule has 0 atom stereocenters. The number of ether oxygens (including phenoxy) is 1. The van der Waals surface area contributed by atoms with E-state index in [2.05, 4.69) is 20.1 Å². The Balaban J connectivity index is 1.80. The molecule has 0 amide bonds. The van der Waals surface area contributed by atoms with Gasteiger partial charge in [0.25, 0.3) is 0 Å². The van der Waals surface area contributed by atoms with Gasteiger partial charge in [-0.2, -0.15) is 0 Å². The van der Waals surface area contributed by atoms with Gasteiger partial charge in [-0.05, 0) is 17.7 Å². The third-order valence-corrected chi connectivity index (χ3v) is 3.51. The lowest BCUT2D eigenvalue weighted by Gasteiger charge is -2.13. The molecule has 0 unspecified atom stereocenters. The minimum Gasteiger partial charge on any atom is -0.482 e. The highest BCUT2D eigenvalue weighted by molar-refractivity contribution is 6.31. The van der Waals surface area contributed by atoms with Crippen LogP contribution in [0.5, 0.6) is 5.75 Å². The van der Waals surface area contributed by atoms with E-state index in [1.54, 1.807) is 24.3 Å². The number of anilines is 2. The Labute approximate surface area is 144 Å². The summed E-state index contributed by atoms with van der Waals surface area (Å²) in [5.74, 6) is 0.860. The molecular weight excluding hydrogens is 324 g/mol. The van der Waals surface area contributed by atoms with Crippen LogP contribution in [-0.4, -0.2) is 9.97 Å². The summed E-state index contributed by atoms with van der Waals surface area (Å²) < 4.78 is 5.80. The number of hydrogen-bond donors (Lipinski definition) is 1. The van der Waals surface area contributed by atoms with Crippen molar-refractivity contribution in [1.29, 1.82) is 0 Å². The average molecular weight is 337 g/mol. The highest BCUT2D eigenvalue weighted by atomic mass is 35.5. The second-order valence-corrected chi connectivity index (χ2v) is 5.26. The second kappa shape index (κ2) is 7.44. The van der Waals surface area contributed by atoms with Crippen LogP contribution in [0.2, 0.25) is 5.15 Å². The third kappa shape index (κ3) is 3.80. The largest absolute Gasteiger partial charge is 0.482 e. The summed E-state index contributed by atoms with van der Waals surface area (Å²) in [6.07, 6.45) is 1.37. The summed E-state index contributed by atoms with van der Waals surface area (Å²) in [5, 5.41) is 3.37. The Morgan fingerprint density at radius 3 is 2.50 bits per heavy atom. The molecule has 24 heavy (non-hydrogen) atoms. The Morgan fingerprint density at radius 1 is 1.04 bits per heavy atom. The van der Waals surface area contributed by atoms with Crippen LogP contribution in [0.15, 0.2) is 60.9 Å². The lowest BCUT2D eigenvalue weighted by Crippen LogP contribution is -2.02. The van der Waals surface area contributed by atoms with Gasteiger partial charge < -0.3 is 10.1 Å². The molecule has 1 N–H and O–H groups in total. The molecule has 0 aliphatic rings. The lowest BCUT2D eigenvalue weighted by atomic mass is 10.2. The van der Waals surface area contributed by atoms with E-state index in [4.69, 9.17) is 22.9 Å². The molecule has 0 radical (unpaired) electrons. The van der Waals surface area contributed by atoms with Crippen molar-refractivity contribution in [2.75, 3.05) is 5.32 Å². The molecule has 0 saturated heterocycles. The van der Waals surface area contributed by atoms with Crippen LogP contribution in [0, 0.1) is 6.57 Å². The van der Waals surface area contributed by atoms with Crippen LogP contribution < -0.4 is 10.1 Å². The molecule has 0 aliphatic heterocycles. The molecule has 0 saturated carbocycles. The maximum Gasteiger partial charge on any atom is 0.199 e. The quantitative estimate of drug-likeness (QED) is 0.526. The summed E-state index contributed by atoms with van der Waals surface area (Å²) in [6, 6.07) is 16.8. The molecule has 3 aromatic rings. The van der Waals surface area contributed by atoms with Gasteiger partial charge in [0.05, 0.1) is 6.57 Å². The van der Waals surface area contributed by atoms with Crippen LogP contribution in [0.25, 0.3) is 4.85 Å². The van der Waals surface area contributed by atoms with Gasteiger partial charge in [-0.15, -0.1) is 0 Å². The highest BCUT2D eigenvalue weighted by Gasteiger charge is 2.12. The molecule has 0 fully saturated rings. The molecule has 0 bridgehead atoms. The van der Waals surface area contributed by atoms with E-state index < -0.39 is 0 Å². The average Bonchev–Trinajstić information content (AvgIpc) is 2.63. The van der Waals surface area contributed by atoms with E-state index in [-0.39, 0.29) is 5.15 Å². The Hall–Kier alpha value is -3.10. The van der Waals surface area contributed by atoms with Gasteiger partial charge in [0.15, 0.2) is 22.4 Å². The number of aromatic nitrogens is 2. The Bertz CT molecular complexity index is 860. The van der Waals surface area contributed by atoms with Crippen molar-refractivity contribution in [2.24, 2.45) is 0 Å². The van der Waals surface area contributed by atoms with E-state index in [1.807, 2.05) is 30.3 Å². The van der Waals surface area contributed by atoms with E-state index >= 15 is 0 Å². The fraction of sp³-hybridized carbons (Fsp3) is 0.0556. The monoisotopic (exact) mass is 336 g/mol. The normalized spacial score (nSPS) is 10.0. The van der Waals surface area contributed by atoms with E-state index in [0.29, 0.717) is 23.9 Å². The van der Waals surface area contributed by atoms with Crippen LogP contribution >= 0.6 is 11.6 Å². The maximum atomic E-state index is 6.98. The van der Waals surface area contributed by atoms with Crippen LogP contribution in [0.1, 0.15) is 5.56 Å². The number of nitrogens with one attached hydrogen (secondary N) is 1. The smallest absolute Gasteiger partial charge is 0.199 e. The molecule has 0 spiro atoms. The van der Waals surface area contributed by atoms with E-state index in [9.17, 15) is 0 Å². The Kier molecular flexibility index (Phi) is 4.90. The molecular formula is C18H13ClN4O. The SMILES string of the molecule is [C-]#[N+]c1ccc(Nc2ncnc(Cl)c2OCc2ccccc2)cc1. The lowest BCUT2D eigenvalue weighted by molar-refractivity contribution is 0.305. The first-order valence-corrected chi connectivity index (χ1v) is 7.56. The number of benzene rings is 2. The van der Waals surface area contributed by atoms with Crippen molar-refractivity contribution in [3.63, 3.8) is 0 Å². The molecule has 1 heterocycles. The first kappa shape index (κ1) is 15.8. The van der Waals surface area contributed by atoms with Gasteiger partial charge in [-0.3, -0.25) is 0 Å². The van der Waals surface area contributed by atoms with Crippen molar-refractivity contribution in [2.45, 2.75) is 6.61 Å².